The maximum Gasteiger partial charge on any atom is 0.289 e. The zero-order chi connectivity index (χ0) is 21.4. The van der Waals surface area contributed by atoms with Gasteiger partial charge in [0.2, 0.25) is 0 Å². The lowest BCUT2D eigenvalue weighted by Gasteiger charge is -2.34. The van der Waals surface area contributed by atoms with Crippen molar-refractivity contribution >= 4 is 35.0 Å². The van der Waals surface area contributed by atoms with Crippen molar-refractivity contribution in [2.24, 2.45) is 0 Å². The van der Waals surface area contributed by atoms with Crippen LogP contribution in [0.2, 0.25) is 0 Å². The number of aromatic nitrogens is 2. The van der Waals surface area contributed by atoms with Gasteiger partial charge < -0.3 is 19.2 Å². The highest BCUT2D eigenvalue weighted by molar-refractivity contribution is 7.71. The minimum absolute atomic E-state index is 0.118. The van der Waals surface area contributed by atoms with Gasteiger partial charge in [0, 0.05) is 43.4 Å². The van der Waals surface area contributed by atoms with Crippen molar-refractivity contribution in [3.63, 3.8) is 0 Å². The number of hydrogen-bond donors (Lipinski definition) is 1. The topological polar surface area (TPSA) is 74.5 Å². The zero-order valence-electron chi connectivity index (χ0n) is 16.7. The van der Waals surface area contributed by atoms with Crippen LogP contribution in [0.3, 0.4) is 0 Å². The van der Waals surface area contributed by atoms with Gasteiger partial charge in [-0.05, 0) is 36.5 Å². The molecule has 156 valence electrons. The maximum atomic E-state index is 13.2. The number of nitrogens with one attached hydrogen (secondary N) is 1. The molecule has 0 bridgehead atoms. The third-order valence-corrected chi connectivity index (χ3v) is 5.80. The van der Waals surface area contributed by atoms with Crippen LogP contribution >= 0.6 is 12.2 Å². The maximum absolute atomic E-state index is 13.2. The number of para-hydroxylation sites is 2. The van der Waals surface area contributed by atoms with E-state index in [1.54, 1.807) is 26.6 Å². The van der Waals surface area contributed by atoms with Crippen LogP contribution in [0.5, 0.6) is 0 Å². The smallest absolute Gasteiger partial charge is 0.289 e. The number of nitrogens with zero attached hydrogens (tertiary/aromatic N) is 3. The van der Waals surface area contributed by atoms with Gasteiger partial charge in [-0.2, -0.15) is 0 Å². The van der Waals surface area contributed by atoms with E-state index in [0.717, 1.165) is 11.1 Å². The number of carbonyl (C=O) groups excluding carboxylic acids is 2. The van der Waals surface area contributed by atoms with Crippen molar-refractivity contribution in [2.45, 2.75) is 0 Å². The second-order valence-electron chi connectivity index (χ2n) is 7.38. The fourth-order valence-corrected chi connectivity index (χ4v) is 4.14. The number of fused-ring (bicyclic) bond motifs is 1. The second kappa shape index (κ2) is 7.88. The molecule has 0 radical (unpaired) electrons. The summed E-state index contributed by atoms with van der Waals surface area (Å²) < 4.78 is 7.91. The molecule has 2 aromatic heterocycles. The molecule has 1 aliphatic heterocycles. The summed E-state index contributed by atoms with van der Waals surface area (Å²) >= 11 is 5.38. The van der Waals surface area contributed by atoms with Crippen LogP contribution in [0.4, 0.5) is 0 Å². The molecule has 0 aliphatic carbocycles. The SMILES string of the molecule is O=C(c1cc2ccccc2o1)N1CCN(C(=O)c2c[nH]c(=S)n2-c2ccccc2)CC1. The minimum Gasteiger partial charge on any atom is -0.451 e. The summed E-state index contributed by atoms with van der Waals surface area (Å²) in [5.41, 5.74) is 2.00. The molecule has 2 amide bonds. The normalized spacial score (nSPS) is 14.2. The Morgan fingerprint density at radius 2 is 1.52 bits per heavy atom. The number of H-pyrrole nitrogens is 1. The Hall–Kier alpha value is -3.65. The predicted molar refractivity (Wildman–Crippen MR) is 119 cm³/mol. The lowest BCUT2D eigenvalue weighted by Crippen LogP contribution is -2.50. The van der Waals surface area contributed by atoms with Crippen LogP contribution in [0.25, 0.3) is 16.7 Å². The van der Waals surface area contributed by atoms with Crippen LogP contribution in [0, 0.1) is 4.77 Å². The molecule has 7 nitrogen and oxygen atoms in total. The molecule has 1 fully saturated rings. The van der Waals surface area contributed by atoms with E-state index >= 15 is 0 Å². The van der Waals surface area contributed by atoms with E-state index in [1.165, 1.54) is 0 Å². The summed E-state index contributed by atoms with van der Waals surface area (Å²) in [6.45, 7) is 1.77. The first kappa shape index (κ1) is 19.3. The number of piperazine rings is 1. The Morgan fingerprint density at radius 1 is 0.871 bits per heavy atom. The fraction of sp³-hybridized carbons (Fsp3) is 0.174. The summed E-state index contributed by atoms with van der Waals surface area (Å²) in [5.74, 6) is 0.0495. The Kier molecular flexibility index (Phi) is 4.91. The number of amides is 2. The number of imidazole rings is 1. The van der Waals surface area contributed by atoms with Gasteiger partial charge in [0.25, 0.3) is 11.8 Å². The van der Waals surface area contributed by atoms with E-state index < -0.39 is 0 Å². The third kappa shape index (κ3) is 3.55. The minimum atomic E-state index is -0.155. The van der Waals surface area contributed by atoms with Crippen molar-refractivity contribution in [1.29, 1.82) is 0 Å². The number of furan rings is 1. The molecular weight excluding hydrogens is 412 g/mol. The van der Waals surface area contributed by atoms with E-state index in [0.29, 0.717) is 48.0 Å². The molecule has 31 heavy (non-hydrogen) atoms. The molecule has 8 heteroatoms. The molecule has 4 aromatic rings. The second-order valence-corrected chi connectivity index (χ2v) is 7.77. The fourth-order valence-electron chi connectivity index (χ4n) is 3.88. The third-order valence-electron chi connectivity index (χ3n) is 5.50. The first-order valence-electron chi connectivity index (χ1n) is 10.0. The number of benzene rings is 2. The largest absolute Gasteiger partial charge is 0.451 e. The molecule has 0 atom stereocenters. The summed E-state index contributed by atoms with van der Waals surface area (Å²) in [5, 5.41) is 0.900. The first-order chi connectivity index (χ1) is 15.1. The van der Waals surface area contributed by atoms with Crippen LogP contribution < -0.4 is 0 Å². The number of carbonyl (C=O) groups is 2. The van der Waals surface area contributed by atoms with Gasteiger partial charge in [-0.1, -0.05) is 36.4 Å². The van der Waals surface area contributed by atoms with Crippen LogP contribution in [-0.2, 0) is 0 Å². The van der Waals surface area contributed by atoms with Crippen molar-refractivity contribution < 1.29 is 14.0 Å². The summed E-state index contributed by atoms with van der Waals surface area (Å²) in [7, 11) is 0. The molecule has 1 saturated heterocycles. The van der Waals surface area contributed by atoms with Gasteiger partial charge in [0.15, 0.2) is 10.5 Å². The molecule has 3 heterocycles. The van der Waals surface area contributed by atoms with Crippen molar-refractivity contribution in [2.75, 3.05) is 26.2 Å². The predicted octanol–water partition coefficient (Wildman–Crippen LogP) is 3.88. The number of aromatic amines is 1. The quantitative estimate of drug-likeness (QED) is 0.499. The molecule has 2 aromatic carbocycles. The van der Waals surface area contributed by atoms with E-state index in [9.17, 15) is 9.59 Å². The zero-order valence-corrected chi connectivity index (χ0v) is 17.5. The highest BCUT2D eigenvalue weighted by Gasteiger charge is 2.28. The lowest BCUT2D eigenvalue weighted by molar-refractivity contribution is 0.0515. The molecule has 1 N–H and O–H groups in total. The van der Waals surface area contributed by atoms with Crippen LogP contribution in [-0.4, -0.2) is 57.3 Å². The summed E-state index contributed by atoms with van der Waals surface area (Å²) in [6, 6.07) is 18.8. The van der Waals surface area contributed by atoms with Gasteiger partial charge >= 0.3 is 0 Å². The Morgan fingerprint density at radius 3 is 2.23 bits per heavy atom. The van der Waals surface area contributed by atoms with E-state index in [-0.39, 0.29) is 11.8 Å². The van der Waals surface area contributed by atoms with E-state index in [1.807, 2.05) is 54.6 Å². The summed E-state index contributed by atoms with van der Waals surface area (Å²) in [6.07, 6.45) is 1.64. The van der Waals surface area contributed by atoms with Gasteiger partial charge in [-0.25, -0.2) is 0 Å². The van der Waals surface area contributed by atoms with Crippen molar-refractivity contribution in [1.82, 2.24) is 19.4 Å². The first-order valence-corrected chi connectivity index (χ1v) is 10.5. The monoisotopic (exact) mass is 432 g/mol. The van der Waals surface area contributed by atoms with Gasteiger partial charge in [0.1, 0.15) is 11.3 Å². The van der Waals surface area contributed by atoms with Gasteiger partial charge in [-0.3, -0.25) is 14.2 Å². The Bertz CT molecular complexity index is 1280. The highest BCUT2D eigenvalue weighted by Crippen LogP contribution is 2.21. The van der Waals surface area contributed by atoms with E-state index in [4.69, 9.17) is 16.6 Å². The highest BCUT2D eigenvalue weighted by atomic mass is 32.1. The molecule has 0 spiro atoms. The van der Waals surface area contributed by atoms with Gasteiger partial charge in [0.05, 0.1) is 0 Å². The number of hydrogen-bond acceptors (Lipinski definition) is 4. The standard InChI is InChI=1S/C23H20N4O3S/c28-21(18-15-24-23(31)27(18)17-7-2-1-3-8-17)25-10-12-26(13-11-25)22(29)20-14-16-6-4-5-9-19(16)30-20/h1-9,14-15H,10-13H2,(H,24,31). The average Bonchev–Trinajstić information content (AvgIpc) is 3.42. The Balaban J connectivity index is 1.30. The van der Waals surface area contributed by atoms with Gasteiger partial charge in [-0.15, -0.1) is 0 Å². The number of rotatable bonds is 3. The average molecular weight is 433 g/mol. The van der Waals surface area contributed by atoms with Crippen molar-refractivity contribution in [3.8, 4) is 5.69 Å². The molecule has 0 saturated carbocycles. The van der Waals surface area contributed by atoms with E-state index in [2.05, 4.69) is 4.98 Å². The van der Waals surface area contributed by atoms with Crippen LogP contribution in [0.1, 0.15) is 21.0 Å². The Labute approximate surface area is 183 Å². The van der Waals surface area contributed by atoms with Crippen molar-refractivity contribution in [3.05, 3.63) is 83.1 Å². The molecule has 0 unspecified atom stereocenters. The summed E-state index contributed by atoms with van der Waals surface area (Å²) in [4.78, 5) is 32.5. The molecule has 1 aliphatic rings. The molecular formula is C23H20N4O3S. The lowest BCUT2D eigenvalue weighted by atomic mass is 10.2. The molecule has 5 rings (SSSR count). The van der Waals surface area contributed by atoms with Crippen LogP contribution in [0.15, 0.2) is 71.3 Å².